The van der Waals surface area contributed by atoms with Crippen LogP contribution in [0.4, 0.5) is 0 Å². The van der Waals surface area contributed by atoms with E-state index in [1.165, 1.54) is 22.2 Å². The number of nitrogens with zero attached hydrogens (tertiary/aromatic N) is 4. The molecule has 0 spiro atoms. The molecule has 2 aliphatic rings. The first kappa shape index (κ1) is 20.5. The minimum atomic E-state index is -0.188. The van der Waals surface area contributed by atoms with Crippen molar-refractivity contribution in [1.29, 1.82) is 0 Å². The van der Waals surface area contributed by atoms with Gasteiger partial charge in [0.05, 0.1) is 21.8 Å². The van der Waals surface area contributed by atoms with E-state index >= 15 is 0 Å². The highest BCUT2D eigenvalue weighted by atomic mass is 35.5. The lowest BCUT2D eigenvalue weighted by molar-refractivity contribution is -0.141. The van der Waals surface area contributed by atoms with Crippen LogP contribution in [0, 0.1) is 11.8 Å². The first-order valence-corrected chi connectivity index (χ1v) is 11.5. The summed E-state index contributed by atoms with van der Waals surface area (Å²) in [6.45, 7) is 2.65. The molecule has 2 fully saturated rings. The fourth-order valence-electron chi connectivity index (χ4n) is 4.05. The van der Waals surface area contributed by atoms with Gasteiger partial charge in [-0.25, -0.2) is 4.98 Å². The van der Waals surface area contributed by atoms with Crippen molar-refractivity contribution >= 4 is 56.6 Å². The van der Waals surface area contributed by atoms with Gasteiger partial charge in [0.1, 0.15) is 11.4 Å². The smallest absolute Gasteiger partial charge is 0.262 e. The first-order valence-electron chi connectivity index (χ1n) is 9.85. The minimum absolute atomic E-state index is 0.00303. The van der Waals surface area contributed by atoms with Gasteiger partial charge in [0.15, 0.2) is 0 Å². The van der Waals surface area contributed by atoms with Gasteiger partial charge in [0.25, 0.3) is 11.5 Å². The Kier molecular flexibility index (Phi) is 5.24. The normalized spacial score (nSPS) is 17.0. The maximum atomic E-state index is 12.6. The van der Waals surface area contributed by atoms with Gasteiger partial charge < -0.3 is 9.80 Å². The number of aromatic nitrogens is 2. The van der Waals surface area contributed by atoms with Crippen LogP contribution < -0.4 is 5.56 Å². The summed E-state index contributed by atoms with van der Waals surface area (Å²) in [7, 11) is 0. The third-order valence-electron chi connectivity index (χ3n) is 6.05. The fraction of sp³-hybridized carbons (Fsp3) is 0.333. The van der Waals surface area contributed by atoms with Crippen molar-refractivity contribution in [2.24, 2.45) is 11.8 Å². The van der Waals surface area contributed by atoms with Crippen LogP contribution in [0.2, 0.25) is 10.0 Å². The van der Waals surface area contributed by atoms with Gasteiger partial charge in [0, 0.05) is 43.6 Å². The Hall–Kier alpha value is -2.42. The van der Waals surface area contributed by atoms with Gasteiger partial charge in [-0.05, 0) is 29.6 Å². The van der Waals surface area contributed by atoms with E-state index in [2.05, 4.69) is 4.98 Å². The van der Waals surface area contributed by atoms with E-state index in [9.17, 15) is 14.4 Å². The lowest BCUT2D eigenvalue weighted by Crippen LogP contribution is -2.62. The summed E-state index contributed by atoms with van der Waals surface area (Å²) in [6.07, 6.45) is 1.44. The number of carbonyl (C=O) groups excluding carboxylic acids is 2. The molecule has 0 saturated carbocycles. The van der Waals surface area contributed by atoms with E-state index in [0.29, 0.717) is 63.8 Å². The van der Waals surface area contributed by atoms with Crippen LogP contribution in [-0.2, 0) is 11.3 Å². The SMILES string of the molecule is O=C(Cn1cnc2sccc2c1=O)N1CC(C2CN(C(=O)c3ccc(Cl)c(Cl)c3)C2)C1. The van der Waals surface area contributed by atoms with Crippen molar-refractivity contribution in [2.75, 3.05) is 26.2 Å². The molecule has 2 aliphatic heterocycles. The zero-order valence-electron chi connectivity index (χ0n) is 16.3. The van der Waals surface area contributed by atoms with Gasteiger partial charge in [-0.1, -0.05) is 23.2 Å². The lowest BCUT2D eigenvalue weighted by Gasteiger charge is -2.50. The Morgan fingerprint density at radius 1 is 1.03 bits per heavy atom. The standard InChI is InChI=1S/C21H18Cl2N4O3S/c22-16-2-1-12(5-17(16)23)20(29)26-8-14(9-26)13-6-25(7-13)18(28)10-27-11-24-19-15(21(27)30)3-4-31-19/h1-5,11,13-14H,6-10H2. The summed E-state index contributed by atoms with van der Waals surface area (Å²) in [5, 5.41) is 3.15. The van der Waals surface area contributed by atoms with E-state index in [1.807, 2.05) is 5.38 Å². The second-order valence-electron chi connectivity index (χ2n) is 7.97. The van der Waals surface area contributed by atoms with Gasteiger partial charge in [0.2, 0.25) is 5.91 Å². The predicted octanol–water partition coefficient (Wildman–Crippen LogP) is 3.00. The van der Waals surface area contributed by atoms with E-state index in [0.717, 1.165) is 0 Å². The average molecular weight is 477 g/mol. The topological polar surface area (TPSA) is 75.5 Å². The summed E-state index contributed by atoms with van der Waals surface area (Å²) < 4.78 is 1.37. The van der Waals surface area contributed by atoms with Gasteiger partial charge >= 0.3 is 0 Å². The Balaban J connectivity index is 1.12. The van der Waals surface area contributed by atoms with Crippen LogP contribution in [0.15, 0.2) is 40.8 Å². The molecule has 1 aromatic carbocycles. The maximum Gasteiger partial charge on any atom is 0.262 e. The highest BCUT2D eigenvalue weighted by Crippen LogP contribution is 2.33. The molecule has 2 aromatic heterocycles. The third-order valence-corrected chi connectivity index (χ3v) is 7.61. The molecular weight excluding hydrogens is 459 g/mol. The van der Waals surface area contributed by atoms with Crippen LogP contribution in [0.5, 0.6) is 0 Å². The highest BCUT2D eigenvalue weighted by Gasteiger charge is 2.43. The van der Waals surface area contributed by atoms with E-state index in [-0.39, 0.29) is 23.9 Å². The summed E-state index contributed by atoms with van der Waals surface area (Å²) in [4.78, 5) is 46.1. The van der Waals surface area contributed by atoms with Crippen molar-refractivity contribution in [3.63, 3.8) is 0 Å². The number of hydrogen-bond acceptors (Lipinski definition) is 5. The molecule has 4 heterocycles. The second-order valence-corrected chi connectivity index (χ2v) is 9.68. The van der Waals surface area contributed by atoms with Crippen molar-refractivity contribution < 1.29 is 9.59 Å². The van der Waals surface area contributed by atoms with Gasteiger partial charge in [-0.2, -0.15) is 0 Å². The molecule has 7 nitrogen and oxygen atoms in total. The van der Waals surface area contributed by atoms with Crippen molar-refractivity contribution in [2.45, 2.75) is 6.54 Å². The molecule has 160 valence electrons. The zero-order valence-corrected chi connectivity index (χ0v) is 18.7. The highest BCUT2D eigenvalue weighted by molar-refractivity contribution is 7.16. The molecule has 2 amide bonds. The number of fused-ring (bicyclic) bond motifs is 1. The number of carbonyl (C=O) groups is 2. The maximum absolute atomic E-state index is 12.6. The summed E-state index contributed by atoms with van der Waals surface area (Å²) in [5.41, 5.74) is 0.340. The van der Waals surface area contributed by atoms with Crippen molar-refractivity contribution in [3.05, 3.63) is 61.9 Å². The number of rotatable bonds is 4. The summed E-state index contributed by atoms with van der Waals surface area (Å²) in [6, 6.07) is 6.63. The molecule has 0 unspecified atom stereocenters. The molecule has 0 radical (unpaired) electrons. The summed E-state index contributed by atoms with van der Waals surface area (Å²) in [5.74, 6) is 0.605. The number of thiophene rings is 1. The van der Waals surface area contributed by atoms with Crippen LogP contribution in [0.25, 0.3) is 10.2 Å². The average Bonchev–Trinajstić information content (AvgIpc) is 3.16. The molecule has 3 aromatic rings. The molecule has 10 heteroatoms. The van der Waals surface area contributed by atoms with E-state index in [4.69, 9.17) is 23.2 Å². The molecule has 2 saturated heterocycles. The molecule has 0 bridgehead atoms. The van der Waals surface area contributed by atoms with Crippen LogP contribution in [-0.4, -0.2) is 57.3 Å². The molecule has 0 atom stereocenters. The third kappa shape index (κ3) is 3.73. The summed E-state index contributed by atoms with van der Waals surface area (Å²) >= 11 is 13.3. The van der Waals surface area contributed by atoms with Crippen LogP contribution in [0.1, 0.15) is 10.4 Å². The second kappa shape index (κ2) is 7.93. The van der Waals surface area contributed by atoms with Crippen molar-refractivity contribution in [1.82, 2.24) is 19.4 Å². The van der Waals surface area contributed by atoms with Crippen LogP contribution in [0.3, 0.4) is 0 Å². The number of benzene rings is 1. The monoisotopic (exact) mass is 476 g/mol. The van der Waals surface area contributed by atoms with Crippen molar-refractivity contribution in [3.8, 4) is 0 Å². The largest absolute Gasteiger partial charge is 0.340 e. The lowest BCUT2D eigenvalue weighted by atomic mass is 9.80. The van der Waals surface area contributed by atoms with Crippen LogP contribution >= 0.6 is 34.5 Å². The Morgan fingerprint density at radius 3 is 2.45 bits per heavy atom. The molecule has 0 N–H and O–H groups in total. The molecule has 0 aliphatic carbocycles. The number of hydrogen-bond donors (Lipinski definition) is 0. The first-order chi connectivity index (χ1) is 14.9. The fourth-order valence-corrected chi connectivity index (χ4v) is 5.08. The number of likely N-dealkylation sites (tertiary alicyclic amines) is 2. The molecule has 5 rings (SSSR count). The number of amides is 2. The zero-order chi connectivity index (χ0) is 21.7. The molecular formula is C21H18Cl2N4O3S. The quantitative estimate of drug-likeness (QED) is 0.579. The minimum Gasteiger partial charge on any atom is -0.340 e. The van der Waals surface area contributed by atoms with E-state index < -0.39 is 0 Å². The Morgan fingerprint density at radius 2 is 1.74 bits per heavy atom. The van der Waals surface area contributed by atoms with Gasteiger partial charge in [-0.15, -0.1) is 11.3 Å². The Bertz CT molecular complexity index is 1240. The molecule has 31 heavy (non-hydrogen) atoms. The number of halogens is 2. The van der Waals surface area contributed by atoms with E-state index in [1.54, 1.807) is 34.1 Å². The predicted molar refractivity (Wildman–Crippen MR) is 120 cm³/mol. The van der Waals surface area contributed by atoms with Gasteiger partial charge in [-0.3, -0.25) is 19.0 Å². The Labute approximate surface area is 191 Å².